The Bertz CT molecular complexity index is 1330. The van der Waals surface area contributed by atoms with Gasteiger partial charge >= 0.3 is 0 Å². The van der Waals surface area contributed by atoms with Crippen molar-refractivity contribution in [2.75, 3.05) is 4.90 Å². The second-order valence-electron chi connectivity index (χ2n) is 7.16. The molecule has 0 bridgehead atoms. The summed E-state index contributed by atoms with van der Waals surface area (Å²) >= 11 is 0. The van der Waals surface area contributed by atoms with Gasteiger partial charge in [0.05, 0.1) is 17.0 Å². The summed E-state index contributed by atoms with van der Waals surface area (Å²) in [5.41, 5.74) is 1.49. The monoisotopic (exact) mass is 407 g/mol. The van der Waals surface area contributed by atoms with Gasteiger partial charge in [-0.25, -0.2) is 0 Å². The number of aliphatic hydroxyl groups excluding tert-OH is 1. The maximum atomic E-state index is 13.3. The zero-order valence-electron chi connectivity index (χ0n) is 16.3. The standard InChI is InChI=1S/C25H17N3O3/c29-23(17-11-14-26-15-12-17)21-22(19-9-3-4-13-27-19)28(25(31)24(21)30)20-10-5-7-16-6-1-2-8-18(16)20/h1-15,22,29H/b23-21+. The molecule has 0 saturated carbocycles. The molecule has 1 aliphatic heterocycles. The largest absolute Gasteiger partial charge is 0.507 e. The fraction of sp³-hybridized carbons (Fsp3) is 0.0400. The first-order valence-corrected chi connectivity index (χ1v) is 9.77. The predicted octanol–water partition coefficient (Wildman–Crippen LogP) is 4.26. The molecular formula is C25H17N3O3. The molecule has 2 aromatic carbocycles. The molecule has 1 saturated heterocycles. The van der Waals surface area contributed by atoms with Crippen molar-refractivity contribution >= 4 is 33.9 Å². The van der Waals surface area contributed by atoms with Crippen molar-refractivity contribution in [2.24, 2.45) is 0 Å². The molecule has 0 radical (unpaired) electrons. The van der Waals surface area contributed by atoms with Crippen molar-refractivity contribution in [1.29, 1.82) is 0 Å². The minimum Gasteiger partial charge on any atom is -0.507 e. The van der Waals surface area contributed by atoms with Crippen LogP contribution in [0.5, 0.6) is 0 Å². The lowest BCUT2D eigenvalue weighted by atomic mass is 9.98. The lowest BCUT2D eigenvalue weighted by Gasteiger charge is -2.25. The average Bonchev–Trinajstić information content (AvgIpc) is 3.09. The third-order valence-electron chi connectivity index (χ3n) is 5.39. The van der Waals surface area contributed by atoms with E-state index in [1.165, 1.54) is 17.3 Å². The summed E-state index contributed by atoms with van der Waals surface area (Å²) in [6, 6.07) is 20.9. The highest BCUT2D eigenvalue weighted by atomic mass is 16.3. The first-order chi connectivity index (χ1) is 15.2. The number of carbonyl (C=O) groups excluding carboxylic acids is 2. The molecule has 1 amide bonds. The van der Waals surface area contributed by atoms with E-state index in [-0.39, 0.29) is 11.3 Å². The molecule has 150 valence electrons. The Morgan fingerprint density at radius 2 is 1.58 bits per heavy atom. The molecule has 1 aliphatic rings. The van der Waals surface area contributed by atoms with Crippen LogP contribution < -0.4 is 4.90 Å². The van der Waals surface area contributed by atoms with Crippen molar-refractivity contribution in [3.8, 4) is 0 Å². The highest BCUT2D eigenvalue weighted by Crippen LogP contribution is 2.43. The van der Waals surface area contributed by atoms with E-state index >= 15 is 0 Å². The van der Waals surface area contributed by atoms with Gasteiger partial charge in [-0.2, -0.15) is 0 Å². The van der Waals surface area contributed by atoms with Crippen molar-refractivity contribution < 1.29 is 14.7 Å². The zero-order chi connectivity index (χ0) is 21.4. The summed E-state index contributed by atoms with van der Waals surface area (Å²) in [5.74, 6) is -1.71. The highest BCUT2D eigenvalue weighted by Gasteiger charge is 2.48. The molecule has 1 atom stereocenters. The van der Waals surface area contributed by atoms with E-state index in [4.69, 9.17) is 0 Å². The number of fused-ring (bicyclic) bond motifs is 1. The van der Waals surface area contributed by atoms with Gasteiger partial charge in [-0.05, 0) is 35.7 Å². The summed E-state index contributed by atoms with van der Waals surface area (Å²) in [5, 5.41) is 12.8. The van der Waals surface area contributed by atoms with E-state index in [9.17, 15) is 14.7 Å². The fourth-order valence-electron chi connectivity index (χ4n) is 3.98. The predicted molar refractivity (Wildman–Crippen MR) is 117 cm³/mol. The van der Waals surface area contributed by atoms with Gasteiger partial charge in [-0.15, -0.1) is 0 Å². The van der Waals surface area contributed by atoms with Gasteiger partial charge in [0.15, 0.2) is 0 Å². The molecule has 5 rings (SSSR count). The summed E-state index contributed by atoms with van der Waals surface area (Å²) in [6.07, 6.45) is 4.64. The number of hydrogen-bond donors (Lipinski definition) is 1. The number of Topliss-reactive ketones (excluding diaryl/α,β-unsaturated/α-hetero) is 1. The average molecular weight is 407 g/mol. The maximum Gasteiger partial charge on any atom is 0.300 e. The molecule has 2 aromatic heterocycles. The molecule has 3 heterocycles. The van der Waals surface area contributed by atoms with Gasteiger partial charge in [-0.1, -0.05) is 42.5 Å². The molecule has 1 N–H and O–H groups in total. The van der Waals surface area contributed by atoms with Crippen molar-refractivity contribution in [2.45, 2.75) is 6.04 Å². The lowest BCUT2D eigenvalue weighted by molar-refractivity contribution is -0.132. The number of aromatic nitrogens is 2. The molecule has 31 heavy (non-hydrogen) atoms. The number of carbonyl (C=O) groups is 2. The number of anilines is 1. The van der Waals surface area contributed by atoms with Crippen LogP contribution in [0.3, 0.4) is 0 Å². The number of rotatable bonds is 3. The Morgan fingerprint density at radius 1 is 0.839 bits per heavy atom. The molecule has 6 heteroatoms. The Labute approximate surface area is 178 Å². The van der Waals surface area contributed by atoms with E-state index < -0.39 is 17.7 Å². The number of aliphatic hydroxyl groups is 1. The van der Waals surface area contributed by atoms with E-state index in [0.29, 0.717) is 16.9 Å². The summed E-state index contributed by atoms with van der Waals surface area (Å²) in [6.45, 7) is 0. The van der Waals surface area contributed by atoms with Crippen LogP contribution in [0.25, 0.3) is 16.5 Å². The number of nitrogens with zero attached hydrogens (tertiary/aromatic N) is 3. The van der Waals surface area contributed by atoms with Crippen molar-refractivity contribution in [1.82, 2.24) is 9.97 Å². The minimum absolute atomic E-state index is 0.00262. The van der Waals surface area contributed by atoms with E-state index in [0.717, 1.165) is 10.8 Å². The first-order valence-electron chi connectivity index (χ1n) is 9.77. The van der Waals surface area contributed by atoms with Crippen LogP contribution >= 0.6 is 0 Å². The summed E-state index contributed by atoms with van der Waals surface area (Å²) in [4.78, 5) is 36.2. The molecule has 0 aliphatic carbocycles. The van der Waals surface area contributed by atoms with Crippen LogP contribution in [0.2, 0.25) is 0 Å². The van der Waals surface area contributed by atoms with Crippen molar-refractivity contribution in [3.05, 3.63) is 108 Å². The maximum absolute atomic E-state index is 13.3. The second kappa shape index (κ2) is 7.50. The van der Waals surface area contributed by atoms with Crippen LogP contribution in [0.4, 0.5) is 5.69 Å². The summed E-state index contributed by atoms with van der Waals surface area (Å²) < 4.78 is 0. The molecule has 4 aromatic rings. The van der Waals surface area contributed by atoms with Gasteiger partial charge < -0.3 is 5.11 Å². The van der Waals surface area contributed by atoms with Gasteiger partial charge in [0.1, 0.15) is 11.8 Å². The normalized spacial score (nSPS) is 17.9. The molecule has 6 nitrogen and oxygen atoms in total. The van der Waals surface area contributed by atoms with Gasteiger partial charge in [-0.3, -0.25) is 24.5 Å². The third kappa shape index (κ3) is 3.05. The van der Waals surface area contributed by atoms with Crippen LogP contribution in [-0.2, 0) is 9.59 Å². The topological polar surface area (TPSA) is 83.4 Å². The quantitative estimate of drug-likeness (QED) is 0.312. The fourth-order valence-corrected chi connectivity index (χ4v) is 3.98. The Balaban J connectivity index is 1.79. The number of pyridine rings is 2. The SMILES string of the molecule is O=C1C(=O)N(c2cccc3ccccc23)C(c2ccccn2)/C1=C(\O)c1ccncc1. The third-order valence-corrected chi connectivity index (χ3v) is 5.39. The smallest absolute Gasteiger partial charge is 0.300 e. The van der Waals surface area contributed by atoms with E-state index in [1.54, 1.807) is 42.6 Å². The van der Waals surface area contributed by atoms with E-state index in [2.05, 4.69) is 9.97 Å². The molecule has 1 unspecified atom stereocenters. The van der Waals surface area contributed by atoms with Crippen molar-refractivity contribution in [3.63, 3.8) is 0 Å². The summed E-state index contributed by atoms with van der Waals surface area (Å²) in [7, 11) is 0. The lowest BCUT2D eigenvalue weighted by Crippen LogP contribution is -2.30. The van der Waals surface area contributed by atoms with Gasteiger partial charge in [0.2, 0.25) is 0 Å². The van der Waals surface area contributed by atoms with Gasteiger partial charge in [0.25, 0.3) is 11.7 Å². The second-order valence-corrected chi connectivity index (χ2v) is 7.16. The minimum atomic E-state index is -0.861. The molecule has 0 spiro atoms. The first kappa shape index (κ1) is 18.7. The molecular weight excluding hydrogens is 390 g/mol. The van der Waals surface area contributed by atoms with Gasteiger partial charge in [0, 0.05) is 29.5 Å². The number of benzene rings is 2. The van der Waals surface area contributed by atoms with Crippen LogP contribution in [0.15, 0.2) is 97.0 Å². The molecule has 1 fully saturated rings. The highest BCUT2D eigenvalue weighted by molar-refractivity contribution is 6.52. The Morgan fingerprint density at radius 3 is 2.35 bits per heavy atom. The van der Waals surface area contributed by atoms with Crippen LogP contribution in [0.1, 0.15) is 17.3 Å². The number of hydrogen-bond acceptors (Lipinski definition) is 5. The Hall–Kier alpha value is -4.32. The Kier molecular flexibility index (Phi) is 4.52. The van der Waals surface area contributed by atoms with Crippen LogP contribution in [-0.4, -0.2) is 26.8 Å². The zero-order valence-corrected chi connectivity index (χ0v) is 16.3. The van der Waals surface area contributed by atoms with Crippen LogP contribution in [0, 0.1) is 0 Å². The number of amides is 1. The number of ketones is 1. The van der Waals surface area contributed by atoms with E-state index in [1.807, 2.05) is 36.4 Å².